The van der Waals surface area contributed by atoms with Crippen molar-refractivity contribution in [2.75, 3.05) is 20.8 Å². The van der Waals surface area contributed by atoms with Crippen molar-refractivity contribution in [3.05, 3.63) is 65.5 Å². The molecular weight excluding hydrogens is 433 g/mol. The number of nitriles is 1. The van der Waals surface area contributed by atoms with Crippen LogP contribution < -0.4 is 15.8 Å². The molecule has 7 nitrogen and oxygen atoms in total. The summed E-state index contributed by atoms with van der Waals surface area (Å²) in [6, 6.07) is 15.9. The van der Waals surface area contributed by atoms with Crippen molar-refractivity contribution in [3.63, 3.8) is 0 Å². The van der Waals surface area contributed by atoms with Crippen LogP contribution in [-0.4, -0.2) is 42.7 Å². The molecule has 34 heavy (non-hydrogen) atoms. The fourth-order valence-corrected chi connectivity index (χ4v) is 3.75. The molecule has 0 bridgehead atoms. The minimum Gasteiger partial charge on any atom is -0.493 e. The van der Waals surface area contributed by atoms with Crippen LogP contribution in [0.25, 0.3) is 27.9 Å². The van der Waals surface area contributed by atoms with E-state index in [1.165, 1.54) is 7.11 Å². The SMILES string of the molecule is CCCC(CO)NC(=NC)/C(C#N)=C(\N)c1ccc2c(OC)c(F)c(-c3ccccc3)nc2c1. The van der Waals surface area contributed by atoms with Gasteiger partial charge in [0.15, 0.2) is 11.6 Å². The molecule has 0 radical (unpaired) electrons. The van der Waals surface area contributed by atoms with Crippen LogP contribution in [0.5, 0.6) is 5.75 Å². The Hall–Kier alpha value is -3.96. The number of nitrogens with one attached hydrogen (secondary N) is 1. The largest absolute Gasteiger partial charge is 0.493 e. The summed E-state index contributed by atoms with van der Waals surface area (Å²) in [6.45, 7) is 1.91. The number of hydrogen-bond donors (Lipinski definition) is 3. The molecule has 8 heteroatoms. The van der Waals surface area contributed by atoms with Gasteiger partial charge in [-0.2, -0.15) is 5.26 Å². The van der Waals surface area contributed by atoms with Crippen LogP contribution in [0.3, 0.4) is 0 Å². The van der Waals surface area contributed by atoms with Gasteiger partial charge in [0.2, 0.25) is 0 Å². The summed E-state index contributed by atoms with van der Waals surface area (Å²) in [5.41, 5.74) is 8.51. The smallest absolute Gasteiger partial charge is 0.191 e. The van der Waals surface area contributed by atoms with E-state index < -0.39 is 5.82 Å². The Labute approximate surface area is 198 Å². The minimum absolute atomic E-state index is 0.0845. The van der Waals surface area contributed by atoms with E-state index in [2.05, 4.69) is 21.4 Å². The maximum absolute atomic E-state index is 15.2. The standard InChI is InChI=1S/C26H28FN5O2/c1-4-8-18(15-33)31-26(30-2)20(14-28)23(29)17-11-12-19-21(13-17)32-24(22(27)25(19)34-3)16-9-6-5-7-10-16/h5-7,9-13,18,33H,4,8,15,29H2,1-3H3,(H,30,31)/b23-20-. The number of aliphatic hydroxyl groups is 1. The molecule has 0 aliphatic rings. The van der Waals surface area contributed by atoms with E-state index in [4.69, 9.17) is 10.5 Å². The molecule has 0 fully saturated rings. The van der Waals surface area contributed by atoms with E-state index in [9.17, 15) is 10.4 Å². The molecule has 1 unspecified atom stereocenters. The Bertz CT molecular complexity index is 1270. The first-order chi connectivity index (χ1) is 16.5. The number of hydrogen-bond acceptors (Lipinski definition) is 6. The number of pyridine rings is 1. The number of amidine groups is 1. The number of fused-ring (bicyclic) bond motifs is 1. The van der Waals surface area contributed by atoms with Gasteiger partial charge in [-0.3, -0.25) is 4.99 Å². The van der Waals surface area contributed by atoms with Crippen molar-refractivity contribution in [1.82, 2.24) is 10.3 Å². The second kappa shape index (κ2) is 11.3. The number of nitrogens with two attached hydrogens (primary N) is 1. The van der Waals surface area contributed by atoms with Crippen molar-refractivity contribution in [3.8, 4) is 23.1 Å². The van der Waals surface area contributed by atoms with Gasteiger partial charge < -0.3 is 20.9 Å². The molecule has 3 aromatic rings. The predicted molar refractivity (Wildman–Crippen MR) is 133 cm³/mol. The first-order valence-electron chi connectivity index (χ1n) is 11.0. The maximum Gasteiger partial charge on any atom is 0.191 e. The van der Waals surface area contributed by atoms with Gasteiger partial charge in [0.05, 0.1) is 31.0 Å². The van der Waals surface area contributed by atoms with E-state index >= 15 is 4.39 Å². The quantitative estimate of drug-likeness (QED) is 0.265. The van der Waals surface area contributed by atoms with Crippen LogP contribution in [0.15, 0.2) is 59.1 Å². The molecular formula is C26H28FN5O2. The van der Waals surface area contributed by atoms with Gasteiger partial charge in [-0.15, -0.1) is 0 Å². The van der Waals surface area contributed by atoms with Crippen LogP contribution in [0, 0.1) is 17.1 Å². The number of benzene rings is 2. The van der Waals surface area contributed by atoms with Crippen LogP contribution in [0.1, 0.15) is 25.3 Å². The van der Waals surface area contributed by atoms with Crippen molar-refractivity contribution >= 4 is 22.4 Å². The summed E-state index contributed by atoms with van der Waals surface area (Å²) < 4.78 is 20.6. The molecule has 1 heterocycles. The molecule has 176 valence electrons. The topological polar surface area (TPSA) is 117 Å². The molecule has 3 rings (SSSR count). The Morgan fingerprint density at radius 1 is 1.29 bits per heavy atom. The first-order valence-corrected chi connectivity index (χ1v) is 11.0. The molecule has 0 spiro atoms. The highest BCUT2D eigenvalue weighted by Crippen LogP contribution is 2.35. The number of ether oxygens (including phenoxy) is 1. The lowest BCUT2D eigenvalue weighted by Crippen LogP contribution is -2.38. The molecule has 0 saturated carbocycles. The van der Waals surface area contributed by atoms with Crippen molar-refractivity contribution in [2.24, 2.45) is 10.7 Å². The first kappa shape index (κ1) is 24.7. The number of halogens is 1. The third-order valence-corrected chi connectivity index (χ3v) is 5.48. The summed E-state index contributed by atoms with van der Waals surface area (Å²) in [6.07, 6.45) is 1.57. The third kappa shape index (κ3) is 5.00. The summed E-state index contributed by atoms with van der Waals surface area (Å²) >= 11 is 0. The summed E-state index contributed by atoms with van der Waals surface area (Å²) in [5.74, 6) is -0.172. The van der Waals surface area contributed by atoms with Gasteiger partial charge >= 0.3 is 0 Å². The molecule has 0 aliphatic carbocycles. The number of rotatable bonds is 8. The van der Waals surface area contributed by atoms with Crippen LogP contribution in [-0.2, 0) is 0 Å². The van der Waals surface area contributed by atoms with E-state index in [1.807, 2.05) is 13.0 Å². The number of aliphatic imine (C=N–C) groups is 1. The van der Waals surface area contributed by atoms with Crippen LogP contribution in [0.2, 0.25) is 0 Å². The number of aliphatic hydroxyl groups excluding tert-OH is 1. The molecule has 1 aromatic heterocycles. The second-order valence-electron chi connectivity index (χ2n) is 7.69. The van der Waals surface area contributed by atoms with Gasteiger partial charge in [0.25, 0.3) is 0 Å². The molecule has 0 saturated heterocycles. The summed E-state index contributed by atoms with van der Waals surface area (Å²) in [5, 5.41) is 23.1. The Morgan fingerprint density at radius 3 is 2.62 bits per heavy atom. The van der Waals surface area contributed by atoms with E-state index in [0.717, 1.165) is 6.42 Å². The Kier molecular flexibility index (Phi) is 8.17. The van der Waals surface area contributed by atoms with Crippen LogP contribution >= 0.6 is 0 Å². The Morgan fingerprint density at radius 2 is 2.03 bits per heavy atom. The molecule has 2 aromatic carbocycles. The van der Waals surface area contributed by atoms with Crippen molar-refractivity contribution in [1.29, 1.82) is 5.26 Å². The number of aromatic nitrogens is 1. The highest BCUT2D eigenvalue weighted by atomic mass is 19.1. The average molecular weight is 462 g/mol. The highest BCUT2D eigenvalue weighted by molar-refractivity contribution is 6.08. The minimum atomic E-state index is -0.550. The molecule has 4 N–H and O–H groups in total. The van der Waals surface area contributed by atoms with Crippen molar-refractivity contribution in [2.45, 2.75) is 25.8 Å². The van der Waals surface area contributed by atoms with Gasteiger partial charge in [0.1, 0.15) is 23.2 Å². The molecule has 1 atom stereocenters. The normalized spacial score (nSPS) is 13.2. The van der Waals surface area contributed by atoms with Crippen molar-refractivity contribution < 1.29 is 14.2 Å². The number of methoxy groups -OCH3 is 1. The Balaban J connectivity index is 2.14. The van der Waals surface area contributed by atoms with E-state index in [1.54, 1.807) is 49.5 Å². The zero-order valence-electron chi connectivity index (χ0n) is 19.5. The summed E-state index contributed by atoms with van der Waals surface area (Å²) in [4.78, 5) is 8.72. The lowest BCUT2D eigenvalue weighted by Gasteiger charge is -2.19. The van der Waals surface area contributed by atoms with Gasteiger partial charge in [-0.25, -0.2) is 9.37 Å². The third-order valence-electron chi connectivity index (χ3n) is 5.48. The molecule has 0 amide bonds. The lowest BCUT2D eigenvalue weighted by molar-refractivity contribution is 0.248. The zero-order valence-corrected chi connectivity index (χ0v) is 19.5. The lowest BCUT2D eigenvalue weighted by atomic mass is 10.0. The summed E-state index contributed by atoms with van der Waals surface area (Å²) in [7, 11) is 2.96. The van der Waals surface area contributed by atoms with E-state index in [0.29, 0.717) is 34.3 Å². The zero-order chi connectivity index (χ0) is 24.7. The number of nitrogens with zero attached hydrogens (tertiary/aromatic N) is 3. The predicted octanol–water partition coefficient (Wildman–Crippen LogP) is 4.02. The van der Waals surface area contributed by atoms with Gasteiger partial charge in [-0.05, 0) is 18.6 Å². The average Bonchev–Trinajstić information content (AvgIpc) is 2.87. The van der Waals surface area contributed by atoms with Gasteiger partial charge in [-0.1, -0.05) is 49.7 Å². The van der Waals surface area contributed by atoms with E-state index in [-0.39, 0.29) is 35.4 Å². The molecule has 0 aliphatic heterocycles. The maximum atomic E-state index is 15.2. The van der Waals surface area contributed by atoms with Gasteiger partial charge in [0, 0.05) is 23.6 Å². The second-order valence-corrected chi connectivity index (χ2v) is 7.69. The highest BCUT2D eigenvalue weighted by Gasteiger charge is 2.20. The fraction of sp³-hybridized carbons (Fsp3) is 0.269. The van der Waals surface area contributed by atoms with Crippen LogP contribution in [0.4, 0.5) is 4.39 Å². The fourth-order valence-electron chi connectivity index (χ4n) is 3.75. The monoisotopic (exact) mass is 461 g/mol.